The molecule has 0 bridgehead atoms. The van der Waals surface area contributed by atoms with Gasteiger partial charge >= 0.3 is 0 Å². The second-order valence-electron chi connectivity index (χ2n) is 6.06. The maximum atomic E-state index is 13.2. The Labute approximate surface area is 136 Å². The zero-order valence-electron chi connectivity index (χ0n) is 13.3. The number of amides is 1. The summed E-state index contributed by atoms with van der Waals surface area (Å²) in [7, 11) is 0. The van der Waals surface area contributed by atoms with Crippen LogP contribution in [0.15, 0.2) is 48.5 Å². The van der Waals surface area contributed by atoms with Crippen LogP contribution in [0, 0.1) is 12.7 Å². The van der Waals surface area contributed by atoms with Crippen molar-refractivity contribution in [1.82, 2.24) is 9.80 Å². The molecule has 0 aliphatic carbocycles. The molecule has 0 atom stereocenters. The van der Waals surface area contributed by atoms with E-state index in [1.54, 1.807) is 12.1 Å². The van der Waals surface area contributed by atoms with Gasteiger partial charge in [0.25, 0.3) is 5.91 Å². The summed E-state index contributed by atoms with van der Waals surface area (Å²) in [4.78, 5) is 16.6. The van der Waals surface area contributed by atoms with Crippen LogP contribution in [-0.2, 0) is 6.54 Å². The van der Waals surface area contributed by atoms with E-state index < -0.39 is 0 Å². The van der Waals surface area contributed by atoms with Gasteiger partial charge in [-0.15, -0.1) is 0 Å². The summed E-state index contributed by atoms with van der Waals surface area (Å²) >= 11 is 0. The van der Waals surface area contributed by atoms with Gasteiger partial charge in [-0.1, -0.05) is 29.8 Å². The third kappa shape index (κ3) is 3.96. The van der Waals surface area contributed by atoms with Crippen molar-refractivity contribution in [3.8, 4) is 0 Å². The smallest absolute Gasteiger partial charge is 0.253 e. The summed E-state index contributed by atoms with van der Waals surface area (Å²) in [6, 6.07) is 14.4. The Hall–Kier alpha value is -2.20. The van der Waals surface area contributed by atoms with Crippen molar-refractivity contribution in [2.24, 2.45) is 0 Å². The van der Waals surface area contributed by atoms with Gasteiger partial charge in [0.2, 0.25) is 0 Å². The lowest BCUT2D eigenvalue weighted by molar-refractivity contribution is 0.0628. The van der Waals surface area contributed by atoms with Gasteiger partial charge in [-0.25, -0.2) is 4.39 Å². The first-order valence-corrected chi connectivity index (χ1v) is 7.94. The molecule has 0 spiro atoms. The topological polar surface area (TPSA) is 23.6 Å². The summed E-state index contributed by atoms with van der Waals surface area (Å²) in [6.45, 7) is 5.79. The van der Waals surface area contributed by atoms with Gasteiger partial charge < -0.3 is 4.90 Å². The maximum absolute atomic E-state index is 13.2. The molecule has 1 saturated heterocycles. The summed E-state index contributed by atoms with van der Waals surface area (Å²) in [6.07, 6.45) is 0. The van der Waals surface area contributed by atoms with E-state index in [2.05, 4.69) is 4.90 Å². The minimum absolute atomic E-state index is 0.0930. The highest BCUT2D eigenvalue weighted by molar-refractivity contribution is 5.94. The molecular formula is C19H21FN2O. The lowest BCUT2D eigenvalue weighted by Gasteiger charge is -2.34. The highest BCUT2D eigenvalue weighted by Crippen LogP contribution is 2.13. The molecular weight excluding hydrogens is 291 g/mol. The number of rotatable bonds is 3. The molecule has 2 aromatic rings. The third-order valence-corrected chi connectivity index (χ3v) is 4.25. The number of halogens is 1. The van der Waals surface area contributed by atoms with E-state index in [1.807, 2.05) is 42.2 Å². The van der Waals surface area contributed by atoms with Gasteiger partial charge in [0.15, 0.2) is 0 Å². The standard InChI is InChI=1S/C19H21FN2O/c1-15-5-7-17(8-6-15)19(23)22-11-9-21(10-12-22)14-16-3-2-4-18(20)13-16/h2-8,13H,9-12,14H2,1H3. The highest BCUT2D eigenvalue weighted by atomic mass is 19.1. The number of carbonyl (C=O) groups is 1. The minimum atomic E-state index is -0.198. The SMILES string of the molecule is Cc1ccc(C(=O)N2CCN(Cc3cccc(F)c3)CC2)cc1. The lowest BCUT2D eigenvalue weighted by Crippen LogP contribution is -2.48. The Morgan fingerprint density at radius 2 is 1.74 bits per heavy atom. The largest absolute Gasteiger partial charge is 0.336 e. The number of nitrogens with zero attached hydrogens (tertiary/aromatic N) is 2. The fourth-order valence-electron chi connectivity index (χ4n) is 2.88. The van der Waals surface area contributed by atoms with Crippen LogP contribution < -0.4 is 0 Å². The Morgan fingerprint density at radius 1 is 1.04 bits per heavy atom. The third-order valence-electron chi connectivity index (χ3n) is 4.25. The second-order valence-corrected chi connectivity index (χ2v) is 6.06. The molecule has 3 rings (SSSR count). The molecule has 1 amide bonds. The van der Waals surface area contributed by atoms with Crippen molar-refractivity contribution >= 4 is 5.91 Å². The number of piperazine rings is 1. The van der Waals surface area contributed by atoms with Crippen molar-refractivity contribution in [2.75, 3.05) is 26.2 Å². The molecule has 0 saturated carbocycles. The van der Waals surface area contributed by atoms with E-state index in [4.69, 9.17) is 0 Å². The van der Waals surface area contributed by atoms with Gasteiger partial charge in [-0.2, -0.15) is 0 Å². The predicted octanol–water partition coefficient (Wildman–Crippen LogP) is 3.09. The molecule has 23 heavy (non-hydrogen) atoms. The predicted molar refractivity (Wildman–Crippen MR) is 88.8 cm³/mol. The second kappa shape index (κ2) is 6.92. The van der Waals surface area contributed by atoms with Crippen LogP contribution in [0.4, 0.5) is 4.39 Å². The first kappa shape index (κ1) is 15.7. The first-order valence-electron chi connectivity index (χ1n) is 7.94. The van der Waals surface area contributed by atoms with Crippen molar-refractivity contribution in [1.29, 1.82) is 0 Å². The summed E-state index contributed by atoms with van der Waals surface area (Å²) < 4.78 is 13.2. The lowest BCUT2D eigenvalue weighted by atomic mass is 10.1. The molecule has 1 fully saturated rings. The van der Waals surface area contributed by atoms with Crippen LogP contribution in [0.25, 0.3) is 0 Å². The molecule has 3 nitrogen and oxygen atoms in total. The highest BCUT2D eigenvalue weighted by Gasteiger charge is 2.22. The molecule has 0 aromatic heterocycles. The molecule has 1 heterocycles. The van der Waals surface area contributed by atoms with E-state index in [0.29, 0.717) is 13.1 Å². The Bertz CT molecular complexity index is 676. The van der Waals surface area contributed by atoms with Crippen LogP contribution in [-0.4, -0.2) is 41.9 Å². The fraction of sp³-hybridized carbons (Fsp3) is 0.316. The van der Waals surface area contributed by atoms with Crippen molar-refractivity contribution < 1.29 is 9.18 Å². The van der Waals surface area contributed by atoms with Crippen molar-refractivity contribution in [3.05, 3.63) is 71.0 Å². The molecule has 1 aliphatic rings. The van der Waals surface area contributed by atoms with Crippen molar-refractivity contribution in [2.45, 2.75) is 13.5 Å². The van der Waals surface area contributed by atoms with E-state index in [0.717, 1.165) is 36.3 Å². The Kier molecular flexibility index (Phi) is 4.72. The molecule has 120 valence electrons. The molecule has 2 aromatic carbocycles. The van der Waals surface area contributed by atoms with Gasteiger partial charge in [-0.05, 0) is 36.8 Å². The summed E-state index contributed by atoms with van der Waals surface area (Å²) in [5.74, 6) is -0.105. The fourth-order valence-corrected chi connectivity index (χ4v) is 2.88. The monoisotopic (exact) mass is 312 g/mol. The molecule has 0 unspecified atom stereocenters. The van der Waals surface area contributed by atoms with Crippen LogP contribution in [0.2, 0.25) is 0 Å². The molecule has 4 heteroatoms. The first-order chi connectivity index (χ1) is 11.1. The minimum Gasteiger partial charge on any atom is -0.336 e. The number of hydrogen-bond acceptors (Lipinski definition) is 2. The van der Waals surface area contributed by atoms with Crippen molar-refractivity contribution in [3.63, 3.8) is 0 Å². The number of benzene rings is 2. The van der Waals surface area contributed by atoms with Crippen LogP contribution in [0.3, 0.4) is 0 Å². The Balaban J connectivity index is 1.55. The molecule has 0 N–H and O–H groups in total. The van der Waals surface area contributed by atoms with E-state index in [-0.39, 0.29) is 11.7 Å². The average Bonchev–Trinajstić information content (AvgIpc) is 2.56. The molecule has 1 aliphatic heterocycles. The van der Waals surface area contributed by atoms with E-state index in [9.17, 15) is 9.18 Å². The van der Waals surface area contributed by atoms with E-state index >= 15 is 0 Å². The summed E-state index contributed by atoms with van der Waals surface area (Å²) in [5, 5.41) is 0. The van der Waals surface area contributed by atoms with Gasteiger partial charge in [0.1, 0.15) is 5.82 Å². The zero-order chi connectivity index (χ0) is 16.2. The van der Waals surface area contributed by atoms with Gasteiger partial charge in [-0.3, -0.25) is 9.69 Å². The van der Waals surface area contributed by atoms with Crippen LogP contribution in [0.5, 0.6) is 0 Å². The van der Waals surface area contributed by atoms with Crippen LogP contribution in [0.1, 0.15) is 21.5 Å². The zero-order valence-corrected chi connectivity index (χ0v) is 13.3. The van der Waals surface area contributed by atoms with E-state index in [1.165, 1.54) is 6.07 Å². The Morgan fingerprint density at radius 3 is 2.39 bits per heavy atom. The number of aryl methyl sites for hydroxylation is 1. The van der Waals surface area contributed by atoms with Crippen LogP contribution >= 0.6 is 0 Å². The average molecular weight is 312 g/mol. The maximum Gasteiger partial charge on any atom is 0.253 e. The number of hydrogen-bond donors (Lipinski definition) is 0. The molecule has 0 radical (unpaired) electrons. The van der Waals surface area contributed by atoms with Gasteiger partial charge in [0.05, 0.1) is 0 Å². The van der Waals surface area contributed by atoms with Gasteiger partial charge in [0, 0.05) is 38.3 Å². The number of carbonyl (C=O) groups excluding carboxylic acids is 1. The quantitative estimate of drug-likeness (QED) is 0.869. The normalized spacial score (nSPS) is 15.7. The summed E-state index contributed by atoms with van der Waals surface area (Å²) in [5.41, 5.74) is 2.87.